The molecule has 0 fully saturated rings. The van der Waals surface area contributed by atoms with E-state index < -0.39 is 17.7 Å². The van der Waals surface area contributed by atoms with Crippen molar-refractivity contribution < 1.29 is 14.6 Å². The first-order chi connectivity index (χ1) is 13.3. The molecule has 0 aliphatic heterocycles. The zero-order valence-electron chi connectivity index (χ0n) is 18.5. The van der Waals surface area contributed by atoms with Gasteiger partial charge in [-0.1, -0.05) is 32.9 Å². The van der Waals surface area contributed by atoms with Gasteiger partial charge in [-0.25, -0.2) is 4.79 Å². The van der Waals surface area contributed by atoms with Crippen LogP contribution in [0.25, 0.3) is 0 Å². The van der Waals surface area contributed by atoms with E-state index in [0.717, 1.165) is 5.69 Å². The normalized spacial score (nSPS) is 13.4. The number of ether oxygens (including phenoxy) is 1. The highest BCUT2D eigenvalue weighted by Crippen LogP contribution is 2.24. The Labute approximate surface area is 173 Å². The lowest BCUT2D eigenvalue weighted by atomic mass is 9.86. The maximum atomic E-state index is 12.7. The van der Waals surface area contributed by atoms with E-state index in [2.05, 4.69) is 20.9 Å². The van der Waals surface area contributed by atoms with Crippen LogP contribution in [0.3, 0.4) is 0 Å². The number of nitrogens with zero attached hydrogens (tertiary/aromatic N) is 1. The number of aliphatic imine (C=N–C) groups is 1. The number of anilines is 2. The fourth-order valence-electron chi connectivity index (χ4n) is 2.58. The summed E-state index contributed by atoms with van der Waals surface area (Å²) in [6.07, 6.45) is 0.566. The van der Waals surface area contributed by atoms with Crippen molar-refractivity contribution in [2.75, 3.05) is 24.2 Å². The largest absolute Gasteiger partial charge is 0.428 e. The predicted molar refractivity (Wildman–Crippen MR) is 119 cm³/mol. The van der Waals surface area contributed by atoms with Gasteiger partial charge in [-0.15, -0.1) is 0 Å². The third-order valence-electron chi connectivity index (χ3n) is 4.09. The highest BCUT2D eigenvalue weighted by Gasteiger charge is 2.32. The molecule has 0 aliphatic rings. The molecule has 0 aromatic heterocycles. The summed E-state index contributed by atoms with van der Waals surface area (Å²) >= 11 is 0. The minimum Gasteiger partial charge on any atom is -0.428 e. The van der Waals surface area contributed by atoms with Crippen LogP contribution in [0.15, 0.2) is 29.3 Å². The number of hydrogen-bond donors (Lipinski definition) is 5. The molecule has 29 heavy (non-hydrogen) atoms. The second-order valence-electron chi connectivity index (χ2n) is 8.65. The molecule has 1 aromatic carbocycles. The molecule has 0 radical (unpaired) electrons. The van der Waals surface area contributed by atoms with Gasteiger partial charge in [0.05, 0.1) is 17.0 Å². The number of urea groups is 1. The van der Waals surface area contributed by atoms with Crippen LogP contribution in [0, 0.1) is 10.8 Å². The minimum atomic E-state index is -0.768. The average Bonchev–Trinajstić information content (AvgIpc) is 2.57. The summed E-state index contributed by atoms with van der Waals surface area (Å²) in [5.74, 6) is 0.278. The van der Waals surface area contributed by atoms with Crippen molar-refractivity contribution in [3.63, 3.8) is 0 Å². The van der Waals surface area contributed by atoms with Crippen molar-refractivity contribution in [3.05, 3.63) is 24.3 Å². The van der Waals surface area contributed by atoms with Gasteiger partial charge in [-0.3, -0.25) is 10.4 Å². The highest BCUT2D eigenvalue weighted by molar-refractivity contribution is 5.98. The van der Waals surface area contributed by atoms with Crippen LogP contribution in [0.5, 0.6) is 0 Å². The minimum absolute atomic E-state index is 0.00316. The number of para-hydroxylation sites is 2. The Morgan fingerprint density at radius 3 is 2.28 bits per heavy atom. The molecule has 0 aliphatic carbocycles. The Morgan fingerprint density at radius 1 is 1.21 bits per heavy atom. The monoisotopic (exact) mass is 405 g/mol. The van der Waals surface area contributed by atoms with E-state index in [-0.39, 0.29) is 17.2 Å². The molecule has 0 unspecified atom stereocenters. The van der Waals surface area contributed by atoms with Crippen molar-refractivity contribution in [3.8, 4) is 0 Å². The van der Waals surface area contributed by atoms with Crippen molar-refractivity contribution in [2.24, 2.45) is 10.4 Å². The summed E-state index contributed by atoms with van der Waals surface area (Å²) < 4.78 is 5.40. The molecule has 2 amide bonds. The van der Waals surface area contributed by atoms with Crippen molar-refractivity contribution in [2.45, 2.75) is 59.6 Å². The van der Waals surface area contributed by atoms with E-state index in [1.54, 1.807) is 27.0 Å². The first kappa shape index (κ1) is 24.4. The van der Waals surface area contributed by atoms with Crippen LogP contribution in [-0.2, 0) is 4.74 Å². The van der Waals surface area contributed by atoms with Gasteiger partial charge in [0.1, 0.15) is 6.04 Å². The Kier molecular flexibility index (Phi) is 8.63. The fraction of sp³-hybridized carbons (Fsp3) is 0.571. The summed E-state index contributed by atoms with van der Waals surface area (Å²) in [6, 6.07) is 6.43. The Hall–Kier alpha value is -2.61. The standard InChI is InChI=1S/C21H35N5O3/c1-14(22)29-18(23-7)17(20(2,3)4)26-19(27)25-16-11-9-8-10-15(16)24-13-12-21(5,6)28/h8-11,17,22,24,28H,12-13H2,1-7H3,(H2,25,26,27)/t17-/m1/s1. The molecule has 1 atom stereocenters. The zero-order chi connectivity index (χ0) is 22.2. The van der Waals surface area contributed by atoms with E-state index >= 15 is 0 Å². The number of carbonyl (C=O) groups excluding carboxylic acids is 1. The number of nitrogens with one attached hydrogen (secondary N) is 4. The molecule has 0 saturated carbocycles. The number of benzene rings is 1. The van der Waals surface area contributed by atoms with Crippen LogP contribution in [0.2, 0.25) is 0 Å². The van der Waals surface area contributed by atoms with Gasteiger partial charge in [0, 0.05) is 20.5 Å². The van der Waals surface area contributed by atoms with Crippen molar-refractivity contribution >= 4 is 29.2 Å². The summed E-state index contributed by atoms with van der Waals surface area (Å²) in [5.41, 5.74) is 0.226. The lowest BCUT2D eigenvalue weighted by Gasteiger charge is -2.31. The van der Waals surface area contributed by atoms with E-state index in [1.165, 1.54) is 6.92 Å². The van der Waals surface area contributed by atoms with E-state index in [4.69, 9.17) is 10.1 Å². The molecule has 1 aromatic rings. The molecule has 0 spiro atoms. The van der Waals surface area contributed by atoms with Crippen LogP contribution < -0.4 is 16.0 Å². The van der Waals surface area contributed by atoms with E-state index in [0.29, 0.717) is 18.7 Å². The second-order valence-corrected chi connectivity index (χ2v) is 8.65. The third-order valence-corrected chi connectivity index (χ3v) is 4.09. The Bertz CT molecular complexity index is 733. The quantitative estimate of drug-likeness (QED) is 0.350. The second kappa shape index (κ2) is 10.2. The van der Waals surface area contributed by atoms with Crippen LogP contribution in [0.1, 0.15) is 48.0 Å². The molecular weight excluding hydrogens is 370 g/mol. The van der Waals surface area contributed by atoms with Crippen LogP contribution >= 0.6 is 0 Å². The fourth-order valence-corrected chi connectivity index (χ4v) is 2.58. The predicted octanol–water partition coefficient (Wildman–Crippen LogP) is 3.84. The maximum Gasteiger partial charge on any atom is 0.319 e. The summed E-state index contributed by atoms with van der Waals surface area (Å²) in [6.45, 7) is 11.5. The Balaban J connectivity index is 2.90. The smallest absolute Gasteiger partial charge is 0.319 e. The van der Waals surface area contributed by atoms with Gasteiger partial charge in [-0.05, 0) is 37.8 Å². The topological polar surface area (TPSA) is 119 Å². The highest BCUT2D eigenvalue weighted by atomic mass is 16.5. The molecular formula is C21H35N5O3. The van der Waals surface area contributed by atoms with Gasteiger partial charge in [0.25, 0.3) is 0 Å². The SMILES string of the molecule is CN=C(OC(C)=N)[C@@H](NC(=O)Nc1ccccc1NCCC(C)(C)O)C(C)(C)C. The molecule has 0 saturated heterocycles. The molecule has 8 nitrogen and oxygen atoms in total. The first-order valence-electron chi connectivity index (χ1n) is 9.66. The Morgan fingerprint density at radius 2 is 1.79 bits per heavy atom. The van der Waals surface area contributed by atoms with Gasteiger partial charge >= 0.3 is 6.03 Å². The molecule has 5 N–H and O–H groups in total. The summed E-state index contributed by atoms with van der Waals surface area (Å²) in [7, 11) is 1.57. The summed E-state index contributed by atoms with van der Waals surface area (Å²) in [4.78, 5) is 16.8. The molecule has 8 heteroatoms. The first-order valence-corrected chi connectivity index (χ1v) is 9.66. The maximum absolute atomic E-state index is 12.7. The lowest BCUT2D eigenvalue weighted by molar-refractivity contribution is 0.0749. The molecule has 162 valence electrons. The average molecular weight is 406 g/mol. The number of carbonyl (C=O) groups is 1. The van der Waals surface area contributed by atoms with E-state index in [1.807, 2.05) is 39.0 Å². The van der Waals surface area contributed by atoms with Crippen LogP contribution in [-0.4, -0.2) is 48.2 Å². The number of rotatable bonds is 7. The number of hydrogen-bond acceptors (Lipinski definition) is 6. The lowest BCUT2D eigenvalue weighted by Crippen LogP contribution is -2.51. The number of aliphatic hydroxyl groups is 1. The molecule has 0 bridgehead atoms. The van der Waals surface area contributed by atoms with Crippen molar-refractivity contribution in [1.29, 1.82) is 5.41 Å². The van der Waals surface area contributed by atoms with Crippen molar-refractivity contribution in [1.82, 2.24) is 5.32 Å². The van der Waals surface area contributed by atoms with E-state index in [9.17, 15) is 9.90 Å². The van der Waals surface area contributed by atoms with Gasteiger partial charge < -0.3 is 25.8 Å². The third kappa shape index (κ3) is 8.95. The van der Waals surface area contributed by atoms with Crippen LogP contribution in [0.4, 0.5) is 16.2 Å². The zero-order valence-corrected chi connectivity index (χ0v) is 18.5. The molecule has 0 heterocycles. The van der Waals surface area contributed by atoms with Gasteiger partial charge in [0.2, 0.25) is 5.90 Å². The van der Waals surface area contributed by atoms with Gasteiger partial charge in [0.15, 0.2) is 5.90 Å². The summed E-state index contributed by atoms with van der Waals surface area (Å²) in [5, 5.41) is 26.4. The number of amides is 2. The molecule has 1 rings (SSSR count). The van der Waals surface area contributed by atoms with Gasteiger partial charge in [-0.2, -0.15) is 0 Å².